The van der Waals surface area contributed by atoms with Gasteiger partial charge in [0, 0.05) is 24.4 Å². The third kappa shape index (κ3) is 13.1. The second kappa shape index (κ2) is 16.7. The number of pyridine rings is 2. The zero-order valence-electron chi connectivity index (χ0n) is 29.8. The summed E-state index contributed by atoms with van der Waals surface area (Å²) in [6.45, 7) is 12.2. The van der Waals surface area contributed by atoms with Gasteiger partial charge >= 0.3 is 18.3 Å². The van der Waals surface area contributed by atoms with Gasteiger partial charge in [0.25, 0.3) is 0 Å². The molecule has 4 aromatic rings. The number of nitrogens with one attached hydrogen (secondary N) is 2. The van der Waals surface area contributed by atoms with Gasteiger partial charge in [-0.25, -0.2) is 29.7 Å². The van der Waals surface area contributed by atoms with E-state index in [-0.39, 0.29) is 38.1 Å². The summed E-state index contributed by atoms with van der Waals surface area (Å²) in [6, 6.07) is 21.3. The van der Waals surface area contributed by atoms with Crippen LogP contribution in [0.3, 0.4) is 0 Å². The number of aromatic nitrogens is 2. The molecule has 14 nitrogen and oxygen atoms in total. The van der Waals surface area contributed by atoms with Crippen LogP contribution in [-0.2, 0) is 27.4 Å². The van der Waals surface area contributed by atoms with E-state index in [1.165, 1.54) is 17.9 Å². The number of hydrogen-bond donors (Lipinski definition) is 2. The molecule has 14 heteroatoms. The van der Waals surface area contributed by atoms with Crippen LogP contribution < -0.4 is 24.8 Å². The second-order valence-corrected chi connectivity index (χ2v) is 13.4. The van der Waals surface area contributed by atoms with Crippen molar-refractivity contribution in [1.29, 1.82) is 0 Å². The molecule has 0 aliphatic carbocycles. The summed E-state index contributed by atoms with van der Waals surface area (Å²) in [5.41, 5.74) is 0.463. The van der Waals surface area contributed by atoms with Crippen molar-refractivity contribution in [2.75, 3.05) is 18.5 Å². The number of amides is 4. The van der Waals surface area contributed by atoms with Gasteiger partial charge in [-0.05, 0) is 83.5 Å². The Morgan fingerprint density at radius 3 is 2.16 bits per heavy atom. The van der Waals surface area contributed by atoms with Crippen molar-refractivity contribution in [3.05, 3.63) is 84.1 Å². The molecule has 270 valence electrons. The second-order valence-electron chi connectivity index (χ2n) is 13.4. The van der Waals surface area contributed by atoms with E-state index in [1.54, 1.807) is 77.9 Å². The Bertz CT molecular complexity index is 1870. The quantitative estimate of drug-likeness (QED) is 0.165. The number of carbonyl (C=O) groups excluding carboxylic acids is 4. The fraction of sp³-hybridized carbons (Fsp3) is 0.351. The van der Waals surface area contributed by atoms with Crippen LogP contribution in [0.15, 0.2) is 72.8 Å². The van der Waals surface area contributed by atoms with E-state index in [9.17, 15) is 19.2 Å². The molecule has 2 heterocycles. The largest absolute Gasteiger partial charge is 0.492 e. The lowest BCUT2D eigenvalue weighted by atomic mass is 10.1. The molecule has 0 fully saturated rings. The predicted octanol–water partition coefficient (Wildman–Crippen LogP) is 7.01. The van der Waals surface area contributed by atoms with E-state index in [0.29, 0.717) is 23.0 Å². The Labute approximate surface area is 296 Å². The van der Waals surface area contributed by atoms with Crippen LogP contribution in [0.2, 0.25) is 0 Å². The summed E-state index contributed by atoms with van der Waals surface area (Å²) >= 11 is 0. The maximum Gasteiger partial charge on any atom is 0.423 e. The number of ether oxygens (including phenoxy) is 5. The van der Waals surface area contributed by atoms with E-state index in [0.717, 1.165) is 16.5 Å². The minimum Gasteiger partial charge on any atom is -0.492 e. The highest BCUT2D eigenvalue weighted by atomic mass is 16.6. The van der Waals surface area contributed by atoms with Gasteiger partial charge < -0.3 is 29.0 Å². The van der Waals surface area contributed by atoms with Gasteiger partial charge in [-0.2, -0.15) is 0 Å². The smallest absolute Gasteiger partial charge is 0.423 e. The third-order valence-electron chi connectivity index (χ3n) is 6.49. The van der Waals surface area contributed by atoms with Crippen LogP contribution >= 0.6 is 0 Å². The van der Waals surface area contributed by atoms with Crippen LogP contribution in [0.5, 0.6) is 17.4 Å². The van der Waals surface area contributed by atoms with E-state index in [2.05, 4.69) is 15.3 Å². The minimum absolute atomic E-state index is 0.0131. The number of imide groups is 1. The lowest BCUT2D eigenvalue weighted by molar-refractivity contribution is -0.114. The number of fused-ring (bicyclic) bond motifs is 1. The molecular formula is C37H43N5O9. The van der Waals surface area contributed by atoms with E-state index in [4.69, 9.17) is 23.7 Å². The molecule has 4 amide bonds. The number of nitrogens with zero attached hydrogens (tertiary/aromatic N) is 3. The first-order valence-corrected chi connectivity index (χ1v) is 16.2. The summed E-state index contributed by atoms with van der Waals surface area (Å²) in [5.74, 6) is 1.30. The molecule has 0 aliphatic heterocycles. The van der Waals surface area contributed by atoms with Crippen molar-refractivity contribution in [2.45, 2.75) is 72.8 Å². The summed E-state index contributed by atoms with van der Waals surface area (Å²) in [6.07, 6.45) is -2.62. The molecule has 0 spiro atoms. The first-order valence-electron chi connectivity index (χ1n) is 16.2. The molecule has 0 unspecified atom stereocenters. The van der Waals surface area contributed by atoms with Crippen LogP contribution in [0.1, 0.15) is 59.7 Å². The van der Waals surface area contributed by atoms with Gasteiger partial charge in [0.05, 0.1) is 24.3 Å². The van der Waals surface area contributed by atoms with Crippen molar-refractivity contribution in [2.24, 2.45) is 0 Å². The summed E-state index contributed by atoms with van der Waals surface area (Å²) in [5, 5.41) is 5.61. The van der Waals surface area contributed by atoms with Gasteiger partial charge in [-0.3, -0.25) is 9.69 Å². The van der Waals surface area contributed by atoms with Crippen molar-refractivity contribution < 1.29 is 42.9 Å². The highest BCUT2D eigenvalue weighted by molar-refractivity contribution is 5.90. The Kier molecular flexibility index (Phi) is 12.4. The van der Waals surface area contributed by atoms with Gasteiger partial charge in [-0.1, -0.05) is 24.3 Å². The highest BCUT2D eigenvalue weighted by Crippen LogP contribution is 2.23. The average Bonchev–Trinajstić information content (AvgIpc) is 3.01. The average molecular weight is 702 g/mol. The van der Waals surface area contributed by atoms with Gasteiger partial charge in [0.15, 0.2) is 0 Å². The topological polar surface area (TPSA) is 168 Å². The SMILES string of the molecule is CC(=O)Nc1ccc2ccc(COc3cccc(OCCN(Cc4cccc(OC(=O)NC(=O)OC(C)(C)C)n4)C(=O)OC(C)(C)C)c3)cc2n1. The standard InChI is InChI=1S/C37H43N5O9/c1-24(43)38-31-17-16-26-15-14-25(20-30(26)40-31)23-48-29-12-9-11-28(21-29)47-19-18-42(35(46)51-37(5,6)7)22-27-10-8-13-32(39-27)49-33(44)41-34(45)50-36(2,3)4/h8-17,20-21H,18-19,22-23H2,1-7H3,(H,38,40,43)(H,41,44,45). The lowest BCUT2D eigenvalue weighted by Crippen LogP contribution is -2.39. The number of benzene rings is 2. The van der Waals surface area contributed by atoms with Crippen molar-refractivity contribution >= 4 is 40.9 Å². The first kappa shape index (κ1) is 37.9. The Morgan fingerprint density at radius 1 is 0.765 bits per heavy atom. The molecule has 2 N–H and O–H groups in total. The van der Waals surface area contributed by atoms with E-state index < -0.39 is 29.5 Å². The predicted molar refractivity (Wildman–Crippen MR) is 189 cm³/mol. The lowest BCUT2D eigenvalue weighted by Gasteiger charge is -2.27. The third-order valence-corrected chi connectivity index (χ3v) is 6.49. The molecule has 0 aliphatic rings. The summed E-state index contributed by atoms with van der Waals surface area (Å²) in [7, 11) is 0. The molecule has 0 atom stereocenters. The Hall–Kier alpha value is -5.92. The highest BCUT2D eigenvalue weighted by Gasteiger charge is 2.24. The summed E-state index contributed by atoms with van der Waals surface area (Å²) < 4.78 is 27.8. The normalized spacial score (nSPS) is 11.3. The van der Waals surface area contributed by atoms with E-state index in [1.807, 2.05) is 35.6 Å². The number of carbonyl (C=O) groups is 4. The zero-order valence-corrected chi connectivity index (χ0v) is 29.8. The molecule has 0 radical (unpaired) electrons. The van der Waals surface area contributed by atoms with Crippen LogP contribution in [0, 0.1) is 0 Å². The zero-order chi connectivity index (χ0) is 37.2. The summed E-state index contributed by atoms with van der Waals surface area (Å²) in [4.78, 5) is 58.9. The molecule has 51 heavy (non-hydrogen) atoms. The van der Waals surface area contributed by atoms with Gasteiger partial charge in [0.2, 0.25) is 11.8 Å². The number of anilines is 1. The number of hydrogen-bond acceptors (Lipinski definition) is 11. The number of alkyl carbamates (subject to hydrolysis) is 1. The Morgan fingerprint density at radius 2 is 1.45 bits per heavy atom. The first-order chi connectivity index (χ1) is 24.0. The molecule has 0 saturated carbocycles. The number of rotatable bonds is 11. The molecule has 0 saturated heterocycles. The van der Waals surface area contributed by atoms with Crippen LogP contribution in [0.25, 0.3) is 10.9 Å². The molecule has 2 aromatic heterocycles. The van der Waals surface area contributed by atoms with Crippen molar-refractivity contribution in [3.8, 4) is 17.4 Å². The van der Waals surface area contributed by atoms with Crippen LogP contribution in [0.4, 0.5) is 20.2 Å². The minimum atomic E-state index is -1.07. The molecule has 4 rings (SSSR count). The molecular weight excluding hydrogens is 658 g/mol. The molecule has 0 bridgehead atoms. The maximum atomic E-state index is 13.2. The van der Waals surface area contributed by atoms with Gasteiger partial charge in [-0.15, -0.1) is 0 Å². The fourth-order valence-corrected chi connectivity index (χ4v) is 4.46. The van der Waals surface area contributed by atoms with Crippen molar-refractivity contribution in [1.82, 2.24) is 20.2 Å². The Balaban J connectivity index is 1.36. The monoisotopic (exact) mass is 701 g/mol. The van der Waals surface area contributed by atoms with E-state index >= 15 is 0 Å². The molecule has 2 aromatic carbocycles. The maximum absolute atomic E-state index is 13.2. The van der Waals surface area contributed by atoms with Gasteiger partial charge in [0.1, 0.15) is 41.7 Å². The fourth-order valence-electron chi connectivity index (χ4n) is 4.46. The van der Waals surface area contributed by atoms with Crippen molar-refractivity contribution in [3.63, 3.8) is 0 Å². The van der Waals surface area contributed by atoms with Crippen LogP contribution in [-0.4, -0.2) is 63.4 Å².